The Hall–Kier alpha value is -2.14. The molecule has 1 amide bonds. The van der Waals surface area contributed by atoms with Crippen LogP contribution in [0, 0.1) is 12.8 Å². The third-order valence-corrected chi connectivity index (χ3v) is 3.66. The van der Waals surface area contributed by atoms with Crippen LogP contribution in [0.2, 0.25) is 0 Å². The molecule has 0 spiro atoms. The highest BCUT2D eigenvalue weighted by atomic mass is 16.5. The van der Waals surface area contributed by atoms with Crippen molar-refractivity contribution in [1.82, 2.24) is 10.5 Å². The van der Waals surface area contributed by atoms with Gasteiger partial charge in [-0.1, -0.05) is 35.0 Å². The predicted octanol–water partition coefficient (Wildman–Crippen LogP) is 2.42. The summed E-state index contributed by atoms with van der Waals surface area (Å²) in [5, 5.41) is 6.82. The first kappa shape index (κ1) is 13.8. The molecular formula is C16H18N2O3. The summed E-state index contributed by atoms with van der Waals surface area (Å²) in [6.07, 6.45) is 0.991. The summed E-state index contributed by atoms with van der Waals surface area (Å²) in [4.78, 5) is 12.0. The van der Waals surface area contributed by atoms with Gasteiger partial charge in [-0.3, -0.25) is 4.79 Å². The lowest BCUT2D eigenvalue weighted by Gasteiger charge is -2.07. The summed E-state index contributed by atoms with van der Waals surface area (Å²) in [6, 6.07) is 9.61. The molecule has 0 bridgehead atoms. The summed E-state index contributed by atoms with van der Waals surface area (Å²) in [6.45, 7) is 4.13. The second kappa shape index (κ2) is 6.10. The molecule has 1 unspecified atom stereocenters. The molecule has 1 saturated heterocycles. The molecule has 2 heterocycles. The normalized spacial score (nSPS) is 17.9. The third-order valence-electron chi connectivity index (χ3n) is 3.66. The quantitative estimate of drug-likeness (QED) is 0.937. The van der Waals surface area contributed by atoms with Crippen LogP contribution in [0.4, 0.5) is 0 Å². The zero-order valence-corrected chi connectivity index (χ0v) is 12.0. The van der Waals surface area contributed by atoms with Gasteiger partial charge in [-0.05, 0) is 13.3 Å². The summed E-state index contributed by atoms with van der Waals surface area (Å²) in [5.74, 6) is 0.408. The highest BCUT2D eigenvalue weighted by Gasteiger charge is 2.19. The van der Waals surface area contributed by atoms with Gasteiger partial charge in [-0.25, -0.2) is 0 Å². The van der Waals surface area contributed by atoms with E-state index in [1.165, 1.54) is 5.56 Å². The van der Waals surface area contributed by atoms with Crippen molar-refractivity contribution in [3.63, 3.8) is 0 Å². The molecule has 1 aromatic heterocycles. The summed E-state index contributed by atoms with van der Waals surface area (Å²) >= 11 is 0. The number of hydrogen-bond donors (Lipinski definition) is 1. The van der Waals surface area contributed by atoms with Crippen LogP contribution in [0.15, 0.2) is 34.9 Å². The molecule has 1 aliphatic heterocycles. The van der Waals surface area contributed by atoms with Gasteiger partial charge in [0.15, 0.2) is 0 Å². The van der Waals surface area contributed by atoms with Crippen LogP contribution in [-0.4, -0.2) is 30.8 Å². The molecule has 2 aromatic rings. The fraction of sp³-hybridized carbons (Fsp3) is 0.375. The van der Waals surface area contributed by atoms with Crippen molar-refractivity contribution in [2.45, 2.75) is 13.3 Å². The first-order valence-electron chi connectivity index (χ1n) is 7.12. The Balaban J connectivity index is 1.63. The van der Waals surface area contributed by atoms with Crippen molar-refractivity contribution in [1.29, 1.82) is 0 Å². The van der Waals surface area contributed by atoms with Crippen LogP contribution in [0.3, 0.4) is 0 Å². The minimum atomic E-state index is -0.229. The topological polar surface area (TPSA) is 64.4 Å². The van der Waals surface area contributed by atoms with Gasteiger partial charge in [0.1, 0.15) is 5.69 Å². The molecule has 0 radical (unpaired) electrons. The van der Waals surface area contributed by atoms with E-state index in [1.807, 2.05) is 31.2 Å². The number of aromatic nitrogens is 1. The van der Waals surface area contributed by atoms with Crippen molar-refractivity contribution >= 4 is 5.91 Å². The maximum absolute atomic E-state index is 12.0. The van der Waals surface area contributed by atoms with E-state index in [0.29, 0.717) is 24.8 Å². The van der Waals surface area contributed by atoms with Gasteiger partial charge in [-0.15, -0.1) is 0 Å². The molecule has 21 heavy (non-hydrogen) atoms. The summed E-state index contributed by atoms with van der Waals surface area (Å²) < 4.78 is 10.4. The fourth-order valence-electron chi connectivity index (χ4n) is 2.31. The molecule has 3 rings (SSSR count). The molecule has 5 nitrogen and oxygen atoms in total. The van der Waals surface area contributed by atoms with Gasteiger partial charge in [0.25, 0.3) is 5.91 Å². The van der Waals surface area contributed by atoms with Crippen LogP contribution in [0.25, 0.3) is 11.3 Å². The number of benzene rings is 1. The standard InChI is InChI=1S/C16H18N2O3/c1-11-2-4-13(5-3-11)14-8-15(21-18-14)16(19)17-9-12-6-7-20-10-12/h2-5,8,12H,6-7,9-10H2,1H3,(H,17,19). The second-order valence-electron chi connectivity index (χ2n) is 5.38. The average Bonchev–Trinajstić information content (AvgIpc) is 3.17. The van der Waals surface area contributed by atoms with Crippen molar-refractivity contribution in [3.05, 3.63) is 41.7 Å². The van der Waals surface area contributed by atoms with Crippen molar-refractivity contribution in [2.24, 2.45) is 5.92 Å². The van der Waals surface area contributed by atoms with Gasteiger partial charge in [0.05, 0.1) is 6.61 Å². The van der Waals surface area contributed by atoms with E-state index in [4.69, 9.17) is 9.26 Å². The fourth-order valence-corrected chi connectivity index (χ4v) is 2.31. The maximum Gasteiger partial charge on any atom is 0.289 e. The third kappa shape index (κ3) is 3.31. The first-order chi connectivity index (χ1) is 10.2. The Labute approximate surface area is 123 Å². The zero-order valence-electron chi connectivity index (χ0n) is 12.0. The van der Waals surface area contributed by atoms with Crippen LogP contribution in [-0.2, 0) is 4.74 Å². The summed E-state index contributed by atoms with van der Waals surface area (Å²) in [7, 11) is 0. The van der Waals surface area contributed by atoms with Crippen molar-refractivity contribution in [3.8, 4) is 11.3 Å². The number of aryl methyl sites for hydroxylation is 1. The first-order valence-corrected chi connectivity index (χ1v) is 7.12. The Bertz CT molecular complexity index is 613. The Kier molecular flexibility index (Phi) is 4.01. The van der Waals surface area contributed by atoms with Crippen LogP contribution in [0.1, 0.15) is 22.5 Å². The highest BCUT2D eigenvalue weighted by molar-refractivity contribution is 5.92. The van der Waals surface area contributed by atoms with Crippen LogP contribution in [0.5, 0.6) is 0 Å². The monoisotopic (exact) mass is 286 g/mol. The smallest absolute Gasteiger partial charge is 0.289 e. The molecular weight excluding hydrogens is 268 g/mol. The van der Waals surface area contributed by atoms with E-state index in [-0.39, 0.29) is 11.7 Å². The number of ether oxygens (including phenoxy) is 1. The largest absolute Gasteiger partial charge is 0.381 e. The number of carbonyl (C=O) groups is 1. The van der Waals surface area contributed by atoms with E-state index in [9.17, 15) is 4.79 Å². The molecule has 1 aliphatic rings. The van der Waals surface area contributed by atoms with Gasteiger partial charge >= 0.3 is 0 Å². The van der Waals surface area contributed by atoms with E-state index < -0.39 is 0 Å². The molecule has 0 saturated carbocycles. The van der Waals surface area contributed by atoms with Crippen molar-refractivity contribution in [2.75, 3.05) is 19.8 Å². The lowest BCUT2D eigenvalue weighted by Crippen LogP contribution is -2.29. The van der Waals surface area contributed by atoms with E-state index in [2.05, 4.69) is 10.5 Å². The molecule has 110 valence electrons. The van der Waals surface area contributed by atoms with Gasteiger partial charge in [0.2, 0.25) is 5.76 Å². The Morgan fingerprint density at radius 1 is 1.38 bits per heavy atom. The Morgan fingerprint density at radius 2 is 2.19 bits per heavy atom. The number of carbonyl (C=O) groups excluding carboxylic acids is 1. The maximum atomic E-state index is 12.0. The van der Waals surface area contributed by atoms with Gasteiger partial charge < -0.3 is 14.6 Å². The highest BCUT2D eigenvalue weighted by Crippen LogP contribution is 2.19. The second-order valence-corrected chi connectivity index (χ2v) is 5.38. The lowest BCUT2D eigenvalue weighted by atomic mass is 10.1. The van der Waals surface area contributed by atoms with Gasteiger partial charge in [0, 0.05) is 30.7 Å². The molecule has 1 atom stereocenters. The number of rotatable bonds is 4. The molecule has 0 aliphatic carbocycles. The van der Waals surface area contributed by atoms with E-state index in [1.54, 1.807) is 6.07 Å². The molecule has 1 aromatic carbocycles. The van der Waals surface area contributed by atoms with Crippen LogP contribution < -0.4 is 5.32 Å². The average molecular weight is 286 g/mol. The summed E-state index contributed by atoms with van der Waals surface area (Å²) in [5.41, 5.74) is 2.79. The lowest BCUT2D eigenvalue weighted by molar-refractivity contribution is 0.0908. The van der Waals surface area contributed by atoms with Crippen LogP contribution >= 0.6 is 0 Å². The minimum absolute atomic E-state index is 0.229. The predicted molar refractivity (Wildman–Crippen MR) is 77.9 cm³/mol. The van der Waals surface area contributed by atoms with E-state index >= 15 is 0 Å². The number of nitrogens with one attached hydrogen (secondary N) is 1. The minimum Gasteiger partial charge on any atom is -0.381 e. The van der Waals surface area contributed by atoms with E-state index in [0.717, 1.165) is 18.6 Å². The number of nitrogens with zero attached hydrogens (tertiary/aromatic N) is 1. The molecule has 1 N–H and O–H groups in total. The molecule has 1 fully saturated rings. The number of hydrogen-bond acceptors (Lipinski definition) is 4. The zero-order chi connectivity index (χ0) is 14.7. The molecule has 5 heteroatoms. The SMILES string of the molecule is Cc1ccc(-c2cc(C(=O)NCC3CCOC3)on2)cc1. The van der Waals surface area contributed by atoms with Gasteiger partial charge in [-0.2, -0.15) is 0 Å². The van der Waals surface area contributed by atoms with Crippen molar-refractivity contribution < 1.29 is 14.1 Å². The number of amides is 1. The Morgan fingerprint density at radius 3 is 2.90 bits per heavy atom.